The van der Waals surface area contributed by atoms with Crippen molar-refractivity contribution in [3.63, 3.8) is 0 Å². The molecular formula is C27H37F3N4O. The molecule has 2 aromatic rings. The van der Waals surface area contributed by atoms with Crippen molar-refractivity contribution < 1.29 is 18.3 Å². The number of hydrogen-bond acceptors (Lipinski definition) is 4. The molecule has 1 aromatic heterocycles. The third-order valence-electron chi connectivity index (χ3n) is 8.71. The Labute approximate surface area is 205 Å². The summed E-state index contributed by atoms with van der Waals surface area (Å²) >= 11 is 0. The number of alkyl halides is 2. The topological polar surface area (TPSA) is 63.8 Å². The summed E-state index contributed by atoms with van der Waals surface area (Å²) in [6.45, 7) is 7.26. The van der Waals surface area contributed by atoms with Gasteiger partial charge in [-0.1, -0.05) is 37.6 Å². The van der Waals surface area contributed by atoms with E-state index in [1.54, 1.807) is 22.9 Å². The SMILES string of the molecule is CC(CCC(F)(F)C(C)(C)O)[C@H]1CC[C@H]2/C(=C/Cn3nnnc3-c3ccccc3F)CCC[C@]12C. The first-order chi connectivity index (χ1) is 16.4. The lowest BCUT2D eigenvalue weighted by atomic mass is 9.60. The van der Waals surface area contributed by atoms with Crippen molar-refractivity contribution in [1.82, 2.24) is 20.2 Å². The molecule has 2 aliphatic rings. The third kappa shape index (κ3) is 5.04. The molecule has 1 aromatic carbocycles. The monoisotopic (exact) mass is 490 g/mol. The number of fused-ring (bicyclic) bond motifs is 1. The van der Waals surface area contributed by atoms with Crippen molar-refractivity contribution in [2.45, 2.75) is 90.7 Å². The molecule has 0 bridgehead atoms. The molecular weight excluding hydrogens is 453 g/mol. The number of rotatable bonds is 8. The molecule has 4 atom stereocenters. The third-order valence-corrected chi connectivity index (χ3v) is 8.71. The maximum absolute atomic E-state index is 14.4. The summed E-state index contributed by atoms with van der Waals surface area (Å²) in [7, 11) is 0. The second kappa shape index (κ2) is 9.68. The Kier molecular flexibility index (Phi) is 7.15. The van der Waals surface area contributed by atoms with E-state index in [1.807, 2.05) is 0 Å². The molecule has 0 amide bonds. The van der Waals surface area contributed by atoms with Crippen LogP contribution in [0.4, 0.5) is 13.2 Å². The summed E-state index contributed by atoms with van der Waals surface area (Å²) in [6, 6.07) is 6.48. The van der Waals surface area contributed by atoms with Crippen LogP contribution >= 0.6 is 0 Å². The smallest absolute Gasteiger partial charge is 0.275 e. The summed E-state index contributed by atoms with van der Waals surface area (Å²) < 4.78 is 44.7. The molecule has 8 heteroatoms. The van der Waals surface area contributed by atoms with E-state index in [0.29, 0.717) is 36.2 Å². The highest BCUT2D eigenvalue weighted by Gasteiger charge is 2.51. The van der Waals surface area contributed by atoms with E-state index in [9.17, 15) is 18.3 Å². The van der Waals surface area contributed by atoms with Gasteiger partial charge in [0.25, 0.3) is 5.92 Å². The van der Waals surface area contributed by atoms with Crippen LogP contribution in [0.1, 0.15) is 72.6 Å². The number of allylic oxidation sites excluding steroid dienone is 2. The van der Waals surface area contributed by atoms with Gasteiger partial charge in [0.1, 0.15) is 11.4 Å². The molecule has 0 spiro atoms. The van der Waals surface area contributed by atoms with E-state index in [0.717, 1.165) is 32.1 Å². The van der Waals surface area contributed by atoms with Gasteiger partial charge in [0.15, 0.2) is 5.82 Å². The van der Waals surface area contributed by atoms with Crippen molar-refractivity contribution in [2.75, 3.05) is 0 Å². The van der Waals surface area contributed by atoms with Gasteiger partial charge < -0.3 is 5.11 Å². The molecule has 2 aliphatic carbocycles. The Hall–Kier alpha value is -2.22. The van der Waals surface area contributed by atoms with Crippen molar-refractivity contribution >= 4 is 0 Å². The van der Waals surface area contributed by atoms with E-state index in [4.69, 9.17) is 0 Å². The number of benzene rings is 1. The maximum Gasteiger partial charge on any atom is 0.275 e. The lowest BCUT2D eigenvalue weighted by Gasteiger charge is -2.44. The number of aromatic nitrogens is 4. The van der Waals surface area contributed by atoms with E-state index >= 15 is 0 Å². The van der Waals surface area contributed by atoms with Gasteiger partial charge in [-0.2, -0.15) is 0 Å². The Balaban J connectivity index is 1.47. The van der Waals surface area contributed by atoms with Crippen LogP contribution in [-0.2, 0) is 6.54 Å². The highest BCUT2D eigenvalue weighted by atomic mass is 19.3. The van der Waals surface area contributed by atoms with Crippen LogP contribution in [0.3, 0.4) is 0 Å². The Morgan fingerprint density at radius 2 is 2.00 bits per heavy atom. The van der Waals surface area contributed by atoms with Gasteiger partial charge in [-0.15, -0.1) is 5.10 Å². The normalized spacial score (nSPS) is 27.3. The highest BCUT2D eigenvalue weighted by molar-refractivity contribution is 5.55. The fraction of sp³-hybridized carbons (Fsp3) is 0.667. The molecule has 2 fully saturated rings. The molecule has 192 valence electrons. The van der Waals surface area contributed by atoms with Crippen LogP contribution in [-0.4, -0.2) is 36.8 Å². The van der Waals surface area contributed by atoms with Gasteiger partial charge in [0.2, 0.25) is 0 Å². The minimum absolute atomic E-state index is 0.0719. The molecule has 4 rings (SSSR count). The first-order valence-corrected chi connectivity index (χ1v) is 12.7. The number of aliphatic hydroxyl groups is 1. The van der Waals surface area contributed by atoms with Crippen molar-refractivity contribution in [2.24, 2.45) is 23.2 Å². The van der Waals surface area contributed by atoms with Crippen LogP contribution in [0.15, 0.2) is 35.9 Å². The minimum atomic E-state index is -3.10. The minimum Gasteiger partial charge on any atom is -0.384 e. The quantitative estimate of drug-likeness (QED) is 0.432. The molecule has 1 unspecified atom stereocenters. The van der Waals surface area contributed by atoms with E-state index in [2.05, 4.69) is 35.4 Å². The Morgan fingerprint density at radius 3 is 2.71 bits per heavy atom. The van der Waals surface area contributed by atoms with Crippen molar-refractivity contribution in [1.29, 1.82) is 0 Å². The van der Waals surface area contributed by atoms with Gasteiger partial charge >= 0.3 is 0 Å². The molecule has 5 nitrogen and oxygen atoms in total. The second-order valence-electron chi connectivity index (χ2n) is 11.3. The lowest BCUT2D eigenvalue weighted by Crippen LogP contribution is -2.43. The summed E-state index contributed by atoms with van der Waals surface area (Å²) in [4.78, 5) is 0. The summed E-state index contributed by atoms with van der Waals surface area (Å²) in [5, 5.41) is 21.7. The second-order valence-corrected chi connectivity index (χ2v) is 11.3. The van der Waals surface area contributed by atoms with Crippen LogP contribution < -0.4 is 0 Å². The largest absolute Gasteiger partial charge is 0.384 e. The highest BCUT2D eigenvalue weighted by Crippen LogP contribution is 2.60. The number of halogens is 3. The van der Waals surface area contributed by atoms with Crippen LogP contribution in [0.25, 0.3) is 11.4 Å². The van der Waals surface area contributed by atoms with E-state index in [-0.39, 0.29) is 23.6 Å². The van der Waals surface area contributed by atoms with Gasteiger partial charge in [0, 0.05) is 6.42 Å². The number of tetrazole rings is 1. The standard InChI is InChI=1S/C27H37F3N4O/c1-18(13-16-27(29,30)25(2,3)35)21-11-12-22-19(8-7-15-26(21,22)4)14-17-34-24(31-32-33-34)20-9-5-6-10-23(20)28/h5-6,9-10,14,18,21-22,35H,7-8,11-13,15-17H2,1-4H3/b19-14+/t18?,21-,22+,26-/m1/s1. The van der Waals surface area contributed by atoms with Crippen LogP contribution in [0, 0.1) is 29.0 Å². The zero-order valence-corrected chi connectivity index (χ0v) is 21.1. The maximum atomic E-state index is 14.4. The molecule has 2 saturated carbocycles. The predicted octanol–water partition coefficient (Wildman–Crippen LogP) is 6.44. The number of hydrogen-bond donors (Lipinski definition) is 1. The molecule has 1 heterocycles. The average molecular weight is 491 g/mol. The van der Waals surface area contributed by atoms with Crippen LogP contribution in [0.2, 0.25) is 0 Å². The first kappa shape index (κ1) is 25.9. The van der Waals surface area contributed by atoms with Gasteiger partial charge in [-0.3, -0.25) is 0 Å². The fourth-order valence-electron chi connectivity index (χ4n) is 6.54. The van der Waals surface area contributed by atoms with Gasteiger partial charge in [-0.05, 0) is 98.1 Å². The van der Waals surface area contributed by atoms with E-state index in [1.165, 1.54) is 25.5 Å². The molecule has 0 aliphatic heterocycles. The number of nitrogens with zero attached hydrogens (tertiary/aromatic N) is 4. The summed E-state index contributed by atoms with van der Waals surface area (Å²) in [5.74, 6) is -2.11. The molecule has 1 N–H and O–H groups in total. The van der Waals surface area contributed by atoms with Crippen molar-refractivity contribution in [3.05, 3.63) is 41.7 Å². The zero-order valence-electron chi connectivity index (χ0n) is 21.1. The summed E-state index contributed by atoms with van der Waals surface area (Å²) in [6.07, 6.45) is 7.55. The molecule has 0 radical (unpaired) electrons. The Morgan fingerprint density at radius 1 is 1.26 bits per heavy atom. The van der Waals surface area contributed by atoms with Crippen LogP contribution in [0.5, 0.6) is 0 Å². The first-order valence-electron chi connectivity index (χ1n) is 12.7. The van der Waals surface area contributed by atoms with Gasteiger partial charge in [-0.25, -0.2) is 17.9 Å². The summed E-state index contributed by atoms with van der Waals surface area (Å²) in [5.41, 5.74) is -0.178. The fourth-order valence-corrected chi connectivity index (χ4v) is 6.54. The Bertz CT molecular complexity index is 1060. The zero-order chi connectivity index (χ0) is 25.4. The molecule has 35 heavy (non-hydrogen) atoms. The average Bonchev–Trinajstić information content (AvgIpc) is 3.39. The van der Waals surface area contributed by atoms with Crippen molar-refractivity contribution in [3.8, 4) is 11.4 Å². The van der Waals surface area contributed by atoms with E-state index < -0.39 is 11.5 Å². The predicted molar refractivity (Wildman–Crippen MR) is 129 cm³/mol. The molecule has 0 saturated heterocycles. The lowest BCUT2D eigenvalue weighted by molar-refractivity contribution is -0.168. The van der Waals surface area contributed by atoms with Gasteiger partial charge in [0.05, 0.1) is 12.1 Å².